The molecule has 0 radical (unpaired) electrons. The Labute approximate surface area is 136 Å². The van der Waals surface area contributed by atoms with Gasteiger partial charge in [0.1, 0.15) is 6.04 Å². The van der Waals surface area contributed by atoms with E-state index in [0.29, 0.717) is 12.1 Å². The maximum absolute atomic E-state index is 12.3. The van der Waals surface area contributed by atoms with E-state index in [4.69, 9.17) is 5.73 Å². The van der Waals surface area contributed by atoms with Crippen LogP contribution in [0, 0.1) is 6.92 Å². The Morgan fingerprint density at radius 3 is 2.91 bits per heavy atom. The molecule has 1 atom stereocenters. The van der Waals surface area contributed by atoms with Gasteiger partial charge in [0, 0.05) is 5.69 Å². The van der Waals surface area contributed by atoms with E-state index in [1.165, 1.54) is 0 Å². The van der Waals surface area contributed by atoms with Crippen LogP contribution in [0.3, 0.4) is 0 Å². The number of carbonyl (C=O) groups is 2. The number of nitrogens with two attached hydrogens (primary N) is 1. The van der Waals surface area contributed by atoms with Gasteiger partial charge in [-0.2, -0.15) is 11.8 Å². The van der Waals surface area contributed by atoms with Crippen molar-refractivity contribution in [3.8, 4) is 0 Å². The normalized spacial score (nSPS) is 12.1. The number of amides is 3. The lowest BCUT2D eigenvalue weighted by Gasteiger charge is -2.16. The van der Waals surface area contributed by atoms with E-state index in [0.717, 1.165) is 21.0 Å². The van der Waals surface area contributed by atoms with Gasteiger partial charge >= 0.3 is 6.03 Å². The average molecular weight is 338 g/mol. The smallest absolute Gasteiger partial charge is 0.312 e. The summed E-state index contributed by atoms with van der Waals surface area (Å²) in [6.45, 7) is 1.94. The van der Waals surface area contributed by atoms with Gasteiger partial charge in [0.15, 0.2) is 0 Å². The van der Waals surface area contributed by atoms with Gasteiger partial charge in [0.25, 0.3) is 0 Å². The van der Waals surface area contributed by atoms with Crippen LogP contribution >= 0.6 is 23.1 Å². The number of nitrogens with zero attached hydrogens (tertiary/aromatic N) is 1. The number of rotatable bonds is 6. The third-order valence-electron chi connectivity index (χ3n) is 3.01. The van der Waals surface area contributed by atoms with Gasteiger partial charge in [-0.05, 0) is 43.6 Å². The Hall–Kier alpha value is -1.80. The first-order chi connectivity index (χ1) is 10.5. The number of carbonyl (C=O) groups excluding carboxylic acids is 2. The summed E-state index contributed by atoms with van der Waals surface area (Å²) in [6, 6.07) is 4.22. The number of urea groups is 1. The van der Waals surface area contributed by atoms with Crippen LogP contribution in [0.1, 0.15) is 11.4 Å². The number of fused-ring (bicyclic) bond motifs is 1. The lowest BCUT2D eigenvalue weighted by molar-refractivity contribution is -0.117. The monoisotopic (exact) mass is 338 g/mol. The SMILES string of the molecule is CSCC[C@H](NC(N)=O)C(=O)Nc1ccc2nc(C)sc2c1. The number of aromatic nitrogens is 1. The highest BCUT2D eigenvalue weighted by Crippen LogP contribution is 2.24. The summed E-state index contributed by atoms with van der Waals surface area (Å²) in [5.74, 6) is 0.485. The number of nitrogens with one attached hydrogen (secondary N) is 2. The third kappa shape index (κ3) is 4.35. The summed E-state index contributed by atoms with van der Waals surface area (Å²) < 4.78 is 1.01. The van der Waals surface area contributed by atoms with E-state index in [9.17, 15) is 9.59 Å². The fourth-order valence-corrected chi connectivity index (χ4v) is 3.36. The zero-order valence-electron chi connectivity index (χ0n) is 12.4. The summed E-state index contributed by atoms with van der Waals surface area (Å²) >= 11 is 3.18. The molecule has 22 heavy (non-hydrogen) atoms. The van der Waals surface area contributed by atoms with E-state index in [2.05, 4.69) is 15.6 Å². The van der Waals surface area contributed by atoms with Crippen LogP contribution in [-0.2, 0) is 4.79 Å². The third-order valence-corrected chi connectivity index (χ3v) is 4.58. The van der Waals surface area contributed by atoms with Crippen molar-refractivity contribution >= 4 is 50.9 Å². The van der Waals surface area contributed by atoms with E-state index >= 15 is 0 Å². The Bertz CT molecular complexity index is 687. The van der Waals surface area contributed by atoms with Crippen molar-refractivity contribution in [2.45, 2.75) is 19.4 Å². The highest BCUT2D eigenvalue weighted by Gasteiger charge is 2.19. The number of hydrogen-bond acceptors (Lipinski definition) is 5. The number of thioether (sulfide) groups is 1. The van der Waals surface area contributed by atoms with Crippen LogP contribution < -0.4 is 16.4 Å². The van der Waals surface area contributed by atoms with Crippen molar-refractivity contribution in [2.75, 3.05) is 17.3 Å². The number of primary amides is 1. The van der Waals surface area contributed by atoms with Gasteiger partial charge < -0.3 is 16.4 Å². The van der Waals surface area contributed by atoms with Crippen LogP contribution in [0.2, 0.25) is 0 Å². The molecular weight excluding hydrogens is 320 g/mol. The topological polar surface area (TPSA) is 97.1 Å². The minimum absolute atomic E-state index is 0.270. The second-order valence-electron chi connectivity index (χ2n) is 4.75. The molecule has 0 aliphatic heterocycles. The molecule has 3 amide bonds. The molecule has 1 heterocycles. The zero-order valence-corrected chi connectivity index (χ0v) is 14.0. The standard InChI is InChI=1S/C14H18N4O2S2/c1-8-16-10-4-3-9(7-12(10)22-8)17-13(19)11(5-6-21-2)18-14(15)20/h3-4,7,11H,5-6H2,1-2H3,(H,17,19)(H3,15,18,20)/t11-/m0/s1. The van der Waals surface area contributed by atoms with E-state index < -0.39 is 12.1 Å². The molecule has 8 heteroatoms. The predicted molar refractivity (Wildman–Crippen MR) is 92.5 cm³/mol. The Morgan fingerprint density at radius 2 is 2.23 bits per heavy atom. The van der Waals surface area contributed by atoms with Gasteiger partial charge in [-0.3, -0.25) is 4.79 Å². The van der Waals surface area contributed by atoms with E-state index in [-0.39, 0.29) is 5.91 Å². The average Bonchev–Trinajstić information content (AvgIpc) is 2.82. The lowest BCUT2D eigenvalue weighted by atomic mass is 10.2. The maximum Gasteiger partial charge on any atom is 0.312 e. The fourth-order valence-electron chi connectivity index (χ4n) is 2.02. The van der Waals surface area contributed by atoms with E-state index in [1.54, 1.807) is 29.2 Å². The number of hydrogen-bond donors (Lipinski definition) is 3. The lowest BCUT2D eigenvalue weighted by Crippen LogP contribution is -2.46. The highest BCUT2D eigenvalue weighted by molar-refractivity contribution is 7.98. The maximum atomic E-state index is 12.3. The molecule has 0 fully saturated rings. The van der Waals surface area contributed by atoms with Gasteiger partial charge in [0.05, 0.1) is 15.2 Å². The zero-order chi connectivity index (χ0) is 16.1. The van der Waals surface area contributed by atoms with Crippen LogP contribution in [0.4, 0.5) is 10.5 Å². The van der Waals surface area contributed by atoms with Gasteiger partial charge in [-0.25, -0.2) is 9.78 Å². The number of aryl methyl sites for hydroxylation is 1. The molecule has 6 nitrogen and oxygen atoms in total. The van der Waals surface area contributed by atoms with Crippen molar-refractivity contribution in [1.82, 2.24) is 10.3 Å². The fraction of sp³-hybridized carbons (Fsp3) is 0.357. The minimum atomic E-state index is -0.699. The molecule has 4 N–H and O–H groups in total. The molecule has 1 aromatic heterocycles. The van der Waals surface area contributed by atoms with Gasteiger partial charge in [-0.15, -0.1) is 11.3 Å². The molecular formula is C14H18N4O2S2. The predicted octanol–water partition coefficient (Wildman–Crippen LogP) is 2.33. The Kier molecular flexibility index (Phi) is 5.62. The molecule has 118 valence electrons. The second-order valence-corrected chi connectivity index (χ2v) is 6.97. The molecule has 0 spiro atoms. The Morgan fingerprint density at radius 1 is 1.45 bits per heavy atom. The molecule has 0 aliphatic carbocycles. The summed E-state index contributed by atoms with van der Waals surface area (Å²) in [5.41, 5.74) is 6.72. The quantitative estimate of drug-likeness (QED) is 0.753. The molecule has 2 rings (SSSR count). The van der Waals surface area contributed by atoms with Crippen molar-refractivity contribution in [2.24, 2.45) is 5.73 Å². The first-order valence-corrected chi connectivity index (χ1v) is 8.93. The number of thiazole rings is 1. The molecule has 0 saturated heterocycles. The van der Waals surface area contributed by atoms with Gasteiger partial charge in [0.2, 0.25) is 5.91 Å². The first-order valence-electron chi connectivity index (χ1n) is 6.72. The molecule has 2 aromatic rings. The summed E-state index contributed by atoms with van der Waals surface area (Å²) in [6.07, 6.45) is 2.47. The largest absolute Gasteiger partial charge is 0.352 e. The van der Waals surface area contributed by atoms with Crippen molar-refractivity contribution in [3.05, 3.63) is 23.2 Å². The van der Waals surface area contributed by atoms with Crippen LogP contribution in [0.5, 0.6) is 0 Å². The van der Waals surface area contributed by atoms with Crippen LogP contribution in [0.15, 0.2) is 18.2 Å². The van der Waals surface area contributed by atoms with Crippen LogP contribution in [0.25, 0.3) is 10.2 Å². The second kappa shape index (κ2) is 7.46. The summed E-state index contributed by atoms with van der Waals surface area (Å²) in [4.78, 5) is 27.7. The minimum Gasteiger partial charge on any atom is -0.352 e. The molecule has 0 saturated carbocycles. The molecule has 0 aliphatic rings. The Balaban J connectivity index is 2.10. The van der Waals surface area contributed by atoms with Crippen molar-refractivity contribution in [1.29, 1.82) is 0 Å². The number of benzene rings is 1. The highest BCUT2D eigenvalue weighted by atomic mass is 32.2. The summed E-state index contributed by atoms with van der Waals surface area (Å²) in [7, 11) is 0. The summed E-state index contributed by atoms with van der Waals surface area (Å²) in [5, 5.41) is 6.28. The van der Waals surface area contributed by atoms with Crippen molar-refractivity contribution < 1.29 is 9.59 Å². The first kappa shape index (κ1) is 16.6. The number of anilines is 1. The van der Waals surface area contributed by atoms with E-state index in [1.807, 2.05) is 25.3 Å². The molecule has 0 bridgehead atoms. The van der Waals surface area contributed by atoms with Crippen molar-refractivity contribution in [3.63, 3.8) is 0 Å². The van der Waals surface area contributed by atoms with Crippen LogP contribution in [-0.4, -0.2) is 35.0 Å². The molecule has 1 aromatic carbocycles. The van der Waals surface area contributed by atoms with Gasteiger partial charge in [-0.1, -0.05) is 0 Å². The molecule has 0 unspecified atom stereocenters.